The maximum absolute atomic E-state index is 11.8. The Kier molecular flexibility index (Phi) is 3.45. The minimum absolute atomic E-state index is 0.0521. The second-order valence-corrected chi connectivity index (χ2v) is 4.44. The van der Waals surface area contributed by atoms with E-state index in [1.807, 2.05) is 0 Å². The van der Waals surface area contributed by atoms with Crippen LogP contribution in [0, 0.1) is 5.92 Å². The highest BCUT2D eigenvalue weighted by atomic mass is 16.4. The van der Waals surface area contributed by atoms with Crippen LogP contribution in [0.5, 0.6) is 0 Å². The molecule has 2 unspecified atom stereocenters. The molecule has 1 aliphatic carbocycles. The molecule has 0 aliphatic heterocycles. The minimum atomic E-state index is -0.829. The van der Waals surface area contributed by atoms with Crippen molar-refractivity contribution in [2.45, 2.75) is 25.3 Å². The fourth-order valence-corrected chi connectivity index (χ4v) is 2.19. The number of aromatic amines is 1. The van der Waals surface area contributed by atoms with Crippen LogP contribution >= 0.6 is 0 Å². The number of aliphatic carboxylic acids is 1. The Hall–Kier alpha value is -2.11. The van der Waals surface area contributed by atoms with E-state index < -0.39 is 17.8 Å². The van der Waals surface area contributed by atoms with Gasteiger partial charge in [0.15, 0.2) is 5.43 Å². The molecule has 0 spiro atoms. The van der Waals surface area contributed by atoms with Gasteiger partial charge in [0.2, 0.25) is 0 Å². The molecule has 2 rings (SSSR count). The van der Waals surface area contributed by atoms with E-state index in [1.54, 1.807) is 0 Å². The summed E-state index contributed by atoms with van der Waals surface area (Å²) in [5.41, 5.74) is -0.296. The smallest absolute Gasteiger partial charge is 0.306 e. The number of hydrogen-bond donors (Lipinski definition) is 3. The summed E-state index contributed by atoms with van der Waals surface area (Å²) in [6.07, 6.45) is 4.42. The maximum atomic E-state index is 11.8. The third kappa shape index (κ3) is 2.58. The molecule has 0 bridgehead atoms. The molecule has 1 aromatic rings. The monoisotopic (exact) mass is 250 g/mol. The Bertz CT molecular complexity index is 523. The molecule has 0 aromatic carbocycles. The molecule has 1 fully saturated rings. The van der Waals surface area contributed by atoms with Gasteiger partial charge in [-0.2, -0.15) is 0 Å². The summed E-state index contributed by atoms with van der Waals surface area (Å²) in [6.45, 7) is 0. The number of carboxylic acid groups (broad SMARTS) is 1. The molecular formula is C12H14N2O4. The van der Waals surface area contributed by atoms with E-state index in [9.17, 15) is 14.4 Å². The molecule has 0 saturated heterocycles. The predicted octanol–water partition coefficient (Wildman–Crippen LogP) is 0.358. The van der Waals surface area contributed by atoms with Crippen LogP contribution < -0.4 is 10.7 Å². The van der Waals surface area contributed by atoms with Crippen LogP contribution in [-0.2, 0) is 4.79 Å². The lowest BCUT2D eigenvalue weighted by molar-refractivity contribution is -0.141. The van der Waals surface area contributed by atoms with E-state index in [0.29, 0.717) is 19.3 Å². The summed E-state index contributed by atoms with van der Waals surface area (Å²) in [5, 5.41) is 11.6. The van der Waals surface area contributed by atoms with Gasteiger partial charge in [-0.15, -0.1) is 0 Å². The van der Waals surface area contributed by atoms with Crippen molar-refractivity contribution >= 4 is 11.9 Å². The highest BCUT2D eigenvalue weighted by Crippen LogP contribution is 2.25. The van der Waals surface area contributed by atoms with Gasteiger partial charge in [0, 0.05) is 24.5 Å². The number of aromatic nitrogens is 1. The van der Waals surface area contributed by atoms with Gasteiger partial charge in [-0.3, -0.25) is 14.4 Å². The first kappa shape index (κ1) is 12.3. The Morgan fingerprint density at radius 2 is 2.17 bits per heavy atom. The largest absolute Gasteiger partial charge is 0.481 e. The van der Waals surface area contributed by atoms with Gasteiger partial charge >= 0.3 is 5.97 Å². The third-order valence-electron chi connectivity index (χ3n) is 3.19. The SMILES string of the molecule is O=C(NC1CCC(C(=O)O)C1)c1c[nH]ccc1=O. The van der Waals surface area contributed by atoms with Crippen LogP contribution in [-0.4, -0.2) is 28.0 Å². The molecule has 1 saturated carbocycles. The van der Waals surface area contributed by atoms with Crippen molar-refractivity contribution in [3.8, 4) is 0 Å². The Balaban J connectivity index is 1.99. The molecule has 6 nitrogen and oxygen atoms in total. The summed E-state index contributed by atoms with van der Waals surface area (Å²) in [6, 6.07) is 1.11. The summed E-state index contributed by atoms with van der Waals surface area (Å²) in [4.78, 5) is 36.7. The molecule has 0 radical (unpaired) electrons. The Morgan fingerprint density at radius 3 is 2.78 bits per heavy atom. The van der Waals surface area contributed by atoms with Gasteiger partial charge in [-0.1, -0.05) is 0 Å². The lowest BCUT2D eigenvalue weighted by Gasteiger charge is -2.11. The average Bonchev–Trinajstić information content (AvgIpc) is 2.78. The van der Waals surface area contributed by atoms with E-state index in [-0.39, 0.29) is 17.0 Å². The number of carbonyl (C=O) groups excluding carboxylic acids is 1. The van der Waals surface area contributed by atoms with Crippen molar-refractivity contribution < 1.29 is 14.7 Å². The van der Waals surface area contributed by atoms with Crippen molar-refractivity contribution in [2.24, 2.45) is 5.92 Å². The molecule has 1 amide bonds. The minimum Gasteiger partial charge on any atom is -0.481 e. The predicted molar refractivity (Wildman–Crippen MR) is 63.3 cm³/mol. The lowest BCUT2D eigenvalue weighted by atomic mass is 10.1. The van der Waals surface area contributed by atoms with Gasteiger partial charge in [-0.25, -0.2) is 0 Å². The molecule has 3 N–H and O–H groups in total. The average molecular weight is 250 g/mol. The van der Waals surface area contributed by atoms with Crippen LogP contribution in [0.1, 0.15) is 29.6 Å². The van der Waals surface area contributed by atoms with Crippen molar-refractivity contribution in [2.75, 3.05) is 0 Å². The molecular weight excluding hydrogens is 236 g/mol. The molecule has 18 heavy (non-hydrogen) atoms. The number of rotatable bonds is 3. The fraction of sp³-hybridized carbons (Fsp3) is 0.417. The summed E-state index contributed by atoms with van der Waals surface area (Å²) < 4.78 is 0. The van der Waals surface area contributed by atoms with Gasteiger partial charge < -0.3 is 15.4 Å². The summed E-state index contributed by atoms with van der Waals surface area (Å²) >= 11 is 0. The van der Waals surface area contributed by atoms with Crippen LogP contribution in [0.15, 0.2) is 23.3 Å². The van der Waals surface area contributed by atoms with Crippen LogP contribution in [0.3, 0.4) is 0 Å². The zero-order valence-electron chi connectivity index (χ0n) is 9.68. The van der Waals surface area contributed by atoms with E-state index in [4.69, 9.17) is 5.11 Å². The van der Waals surface area contributed by atoms with E-state index in [2.05, 4.69) is 10.3 Å². The zero-order valence-corrected chi connectivity index (χ0v) is 9.68. The topological polar surface area (TPSA) is 99.3 Å². The van der Waals surface area contributed by atoms with Crippen LogP contribution in [0.2, 0.25) is 0 Å². The van der Waals surface area contributed by atoms with Crippen molar-refractivity contribution in [1.29, 1.82) is 0 Å². The van der Waals surface area contributed by atoms with Crippen molar-refractivity contribution in [3.63, 3.8) is 0 Å². The number of nitrogens with one attached hydrogen (secondary N) is 2. The van der Waals surface area contributed by atoms with E-state index >= 15 is 0 Å². The van der Waals surface area contributed by atoms with E-state index in [1.165, 1.54) is 18.5 Å². The number of hydrogen-bond acceptors (Lipinski definition) is 3. The second-order valence-electron chi connectivity index (χ2n) is 4.44. The third-order valence-corrected chi connectivity index (χ3v) is 3.19. The Labute approximate surface area is 103 Å². The molecule has 1 heterocycles. The Morgan fingerprint density at radius 1 is 1.39 bits per heavy atom. The quantitative estimate of drug-likeness (QED) is 0.721. The van der Waals surface area contributed by atoms with Crippen LogP contribution in [0.4, 0.5) is 0 Å². The van der Waals surface area contributed by atoms with Crippen molar-refractivity contribution in [1.82, 2.24) is 10.3 Å². The normalized spacial score (nSPS) is 22.7. The number of pyridine rings is 1. The second kappa shape index (κ2) is 5.03. The fourth-order valence-electron chi connectivity index (χ4n) is 2.19. The lowest BCUT2D eigenvalue weighted by Crippen LogP contribution is -2.36. The summed E-state index contributed by atoms with van der Waals surface area (Å²) in [7, 11) is 0. The van der Waals surface area contributed by atoms with E-state index in [0.717, 1.165) is 0 Å². The first-order valence-electron chi connectivity index (χ1n) is 5.78. The molecule has 6 heteroatoms. The number of H-pyrrole nitrogens is 1. The van der Waals surface area contributed by atoms with Crippen molar-refractivity contribution in [3.05, 3.63) is 34.2 Å². The highest BCUT2D eigenvalue weighted by Gasteiger charge is 2.30. The molecule has 1 aliphatic rings. The first-order valence-corrected chi connectivity index (χ1v) is 5.78. The first-order chi connectivity index (χ1) is 8.58. The van der Waals surface area contributed by atoms with Gasteiger partial charge in [0.1, 0.15) is 5.56 Å². The zero-order chi connectivity index (χ0) is 13.1. The van der Waals surface area contributed by atoms with Gasteiger partial charge in [0.25, 0.3) is 5.91 Å². The molecule has 1 aromatic heterocycles. The number of carbonyl (C=O) groups is 2. The molecule has 2 atom stereocenters. The maximum Gasteiger partial charge on any atom is 0.306 e. The molecule has 96 valence electrons. The number of carboxylic acids is 1. The standard InChI is InChI=1S/C12H14N2O4/c15-10-3-4-13-6-9(10)11(16)14-8-2-1-7(5-8)12(17)18/h3-4,6-8H,1-2,5H2,(H,13,15)(H,14,16)(H,17,18). The van der Waals surface area contributed by atoms with Crippen LogP contribution in [0.25, 0.3) is 0 Å². The summed E-state index contributed by atoms with van der Waals surface area (Å²) in [5.74, 6) is -1.68. The van der Waals surface area contributed by atoms with Gasteiger partial charge in [0.05, 0.1) is 5.92 Å². The highest BCUT2D eigenvalue weighted by molar-refractivity contribution is 5.94. The number of amides is 1. The van der Waals surface area contributed by atoms with Gasteiger partial charge in [-0.05, 0) is 19.3 Å².